The molecule has 0 fully saturated rings. The standard InChI is InChI=1S/C13H21N3O/c1-10(2)16(4)13(17)9-15-11(3)12-7-5-6-8-14-12/h5-8,10-11,15H,9H2,1-4H3. The average molecular weight is 235 g/mol. The summed E-state index contributed by atoms with van der Waals surface area (Å²) in [4.78, 5) is 17.7. The van der Waals surface area contributed by atoms with Crippen LogP contribution in [-0.4, -0.2) is 35.4 Å². The number of nitrogens with zero attached hydrogens (tertiary/aromatic N) is 2. The lowest BCUT2D eigenvalue weighted by molar-refractivity contribution is -0.130. The molecule has 1 amide bonds. The van der Waals surface area contributed by atoms with Crippen LogP contribution in [0.15, 0.2) is 24.4 Å². The zero-order valence-electron chi connectivity index (χ0n) is 11.0. The van der Waals surface area contributed by atoms with Crippen LogP contribution < -0.4 is 5.32 Å². The number of aromatic nitrogens is 1. The van der Waals surface area contributed by atoms with Gasteiger partial charge in [-0.05, 0) is 32.9 Å². The van der Waals surface area contributed by atoms with Gasteiger partial charge in [-0.2, -0.15) is 0 Å². The predicted octanol–water partition coefficient (Wildman–Crippen LogP) is 1.60. The van der Waals surface area contributed by atoms with Crippen LogP contribution in [0, 0.1) is 0 Å². The Balaban J connectivity index is 2.44. The normalized spacial score (nSPS) is 12.5. The van der Waals surface area contributed by atoms with Crippen molar-refractivity contribution in [1.82, 2.24) is 15.2 Å². The van der Waals surface area contributed by atoms with Crippen molar-refractivity contribution in [2.45, 2.75) is 32.9 Å². The molecule has 4 heteroatoms. The van der Waals surface area contributed by atoms with E-state index in [0.29, 0.717) is 6.54 Å². The first-order chi connectivity index (χ1) is 8.02. The van der Waals surface area contributed by atoms with Gasteiger partial charge in [0.1, 0.15) is 0 Å². The molecule has 94 valence electrons. The zero-order chi connectivity index (χ0) is 12.8. The number of hydrogen-bond acceptors (Lipinski definition) is 3. The van der Waals surface area contributed by atoms with Gasteiger partial charge in [-0.3, -0.25) is 9.78 Å². The second-order valence-electron chi connectivity index (χ2n) is 4.46. The van der Waals surface area contributed by atoms with E-state index in [1.165, 1.54) is 0 Å². The van der Waals surface area contributed by atoms with Crippen LogP contribution in [0.1, 0.15) is 32.5 Å². The van der Waals surface area contributed by atoms with Gasteiger partial charge in [0.2, 0.25) is 5.91 Å². The molecule has 1 rings (SSSR count). The number of pyridine rings is 1. The van der Waals surface area contributed by atoms with Gasteiger partial charge in [0, 0.05) is 25.3 Å². The van der Waals surface area contributed by atoms with Crippen LogP contribution in [-0.2, 0) is 4.79 Å². The third-order valence-corrected chi connectivity index (χ3v) is 2.86. The Bertz CT molecular complexity index is 351. The molecular weight excluding hydrogens is 214 g/mol. The van der Waals surface area contributed by atoms with E-state index < -0.39 is 0 Å². The van der Waals surface area contributed by atoms with E-state index in [0.717, 1.165) is 5.69 Å². The Morgan fingerprint density at radius 1 is 1.41 bits per heavy atom. The maximum absolute atomic E-state index is 11.8. The summed E-state index contributed by atoms with van der Waals surface area (Å²) in [6, 6.07) is 6.10. The Hall–Kier alpha value is -1.42. The van der Waals surface area contributed by atoms with Crippen molar-refractivity contribution in [2.24, 2.45) is 0 Å². The fourth-order valence-electron chi connectivity index (χ4n) is 1.39. The first-order valence-corrected chi connectivity index (χ1v) is 5.92. The lowest BCUT2D eigenvalue weighted by Gasteiger charge is -2.22. The molecule has 1 aromatic rings. The maximum atomic E-state index is 11.8. The highest BCUT2D eigenvalue weighted by atomic mass is 16.2. The van der Waals surface area contributed by atoms with E-state index in [1.807, 2.05) is 46.0 Å². The highest BCUT2D eigenvalue weighted by Gasteiger charge is 2.13. The molecule has 1 unspecified atom stereocenters. The van der Waals surface area contributed by atoms with Crippen LogP contribution in [0.5, 0.6) is 0 Å². The monoisotopic (exact) mass is 235 g/mol. The topological polar surface area (TPSA) is 45.2 Å². The highest BCUT2D eigenvalue weighted by molar-refractivity contribution is 5.78. The van der Waals surface area contributed by atoms with Crippen molar-refractivity contribution in [3.8, 4) is 0 Å². The molecule has 4 nitrogen and oxygen atoms in total. The summed E-state index contributed by atoms with van der Waals surface area (Å²) in [7, 11) is 1.82. The fourth-order valence-corrected chi connectivity index (χ4v) is 1.39. The molecule has 0 bridgehead atoms. The molecule has 1 atom stereocenters. The highest BCUT2D eigenvalue weighted by Crippen LogP contribution is 2.07. The van der Waals surface area contributed by atoms with E-state index in [1.54, 1.807) is 11.1 Å². The number of amides is 1. The molecular formula is C13H21N3O. The van der Waals surface area contributed by atoms with Crippen LogP contribution in [0.3, 0.4) is 0 Å². The minimum atomic E-state index is 0.0840. The van der Waals surface area contributed by atoms with Gasteiger partial charge >= 0.3 is 0 Å². The predicted molar refractivity (Wildman–Crippen MR) is 68.6 cm³/mol. The number of rotatable bonds is 5. The van der Waals surface area contributed by atoms with Gasteiger partial charge in [-0.1, -0.05) is 6.07 Å². The van der Waals surface area contributed by atoms with E-state index in [4.69, 9.17) is 0 Å². The van der Waals surface area contributed by atoms with E-state index in [-0.39, 0.29) is 18.0 Å². The Morgan fingerprint density at radius 3 is 2.65 bits per heavy atom. The zero-order valence-corrected chi connectivity index (χ0v) is 11.0. The van der Waals surface area contributed by atoms with Crippen molar-refractivity contribution < 1.29 is 4.79 Å². The molecule has 0 saturated carbocycles. The molecule has 0 spiro atoms. The van der Waals surface area contributed by atoms with Gasteiger partial charge in [0.05, 0.1) is 12.2 Å². The quantitative estimate of drug-likeness (QED) is 0.843. The van der Waals surface area contributed by atoms with Crippen molar-refractivity contribution in [2.75, 3.05) is 13.6 Å². The Morgan fingerprint density at radius 2 is 2.12 bits per heavy atom. The lowest BCUT2D eigenvalue weighted by Crippen LogP contribution is -2.40. The van der Waals surface area contributed by atoms with Gasteiger partial charge in [-0.15, -0.1) is 0 Å². The molecule has 0 saturated heterocycles. The van der Waals surface area contributed by atoms with E-state index in [9.17, 15) is 4.79 Å². The maximum Gasteiger partial charge on any atom is 0.236 e. The number of carbonyl (C=O) groups is 1. The summed E-state index contributed by atoms with van der Waals surface area (Å²) < 4.78 is 0. The summed E-state index contributed by atoms with van der Waals surface area (Å²) in [5.74, 6) is 0.0998. The summed E-state index contributed by atoms with van der Waals surface area (Å²) in [5, 5.41) is 3.18. The third-order valence-electron chi connectivity index (χ3n) is 2.86. The van der Waals surface area contributed by atoms with E-state index in [2.05, 4.69) is 10.3 Å². The average Bonchev–Trinajstić information content (AvgIpc) is 2.35. The second-order valence-corrected chi connectivity index (χ2v) is 4.46. The number of hydrogen-bond donors (Lipinski definition) is 1. The summed E-state index contributed by atoms with van der Waals surface area (Å²) in [5.41, 5.74) is 0.951. The molecule has 1 N–H and O–H groups in total. The molecule has 1 heterocycles. The molecule has 0 aliphatic rings. The van der Waals surface area contributed by atoms with Gasteiger partial charge < -0.3 is 10.2 Å². The van der Waals surface area contributed by atoms with E-state index >= 15 is 0 Å². The first kappa shape index (κ1) is 13.6. The van der Waals surface area contributed by atoms with Gasteiger partial charge in [0.15, 0.2) is 0 Å². The van der Waals surface area contributed by atoms with Gasteiger partial charge in [-0.25, -0.2) is 0 Å². The second kappa shape index (κ2) is 6.35. The van der Waals surface area contributed by atoms with Crippen molar-refractivity contribution in [3.05, 3.63) is 30.1 Å². The first-order valence-electron chi connectivity index (χ1n) is 5.92. The molecule has 1 aromatic heterocycles. The smallest absolute Gasteiger partial charge is 0.236 e. The van der Waals surface area contributed by atoms with Crippen molar-refractivity contribution in [1.29, 1.82) is 0 Å². The van der Waals surface area contributed by atoms with Gasteiger partial charge in [0.25, 0.3) is 0 Å². The molecule has 0 aliphatic heterocycles. The number of likely N-dealkylation sites (N-methyl/N-ethyl adjacent to an activating group) is 1. The minimum absolute atomic E-state index is 0.0840. The molecule has 0 aromatic carbocycles. The fraction of sp³-hybridized carbons (Fsp3) is 0.538. The van der Waals surface area contributed by atoms with Crippen LogP contribution >= 0.6 is 0 Å². The van der Waals surface area contributed by atoms with Crippen LogP contribution in [0.2, 0.25) is 0 Å². The minimum Gasteiger partial charge on any atom is -0.342 e. The lowest BCUT2D eigenvalue weighted by atomic mass is 10.2. The summed E-state index contributed by atoms with van der Waals surface area (Å²) in [6.45, 7) is 6.34. The van der Waals surface area contributed by atoms with Crippen LogP contribution in [0.4, 0.5) is 0 Å². The summed E-state index contributed by atoms with van der Waals surface area (Å²) in [6.07, 6.45) is 1.76. The van der Waals surface area contributed by atoms with Crippen LogP contribution in [0.25, 0.3) is 0 Å². The molecule has 0 radical (unpaired) electrons. The molecule has 0 aliphatic carbocycles. The SMILES string of the molecule is CC(NCC(=O)N(C)C(C)C)c1ccccn1. The largest absolute Gasteiger partial charge is 0.342 e. The Labute approximate surface area is 103 Å². The number of nitrogens with one attached hydrogen (secondary N) is 1. The molecule has 17 heavy (non-hydrogen) atoms. The summed E-state index contributed by atoms with van der Waals surface area (Å²) >= 11 is 0. The Kier molecular flexibility index (Phi) is 5.10. The van der Waals surface area contributed by atoms with Crippen molar-refractivity contribution in [3.63, 3.8) is 0 Å². The number of carbonyl (C=O) groups excluding carboxylic acids is 1. The third kappa shape index (κ3) is 4.15. The van der Waals surface area contributed by atoms with Crippen molar-refractivity contribution >= 4 is 5.91 Å².